The van der Waals surface area contributed by atoms with Crippen molar-refractivity contribution in [2.45, 2.75) is 32.1 Å². The Morgan fingerprint density at radius 3 is 2.41 bits per heavy atom. The third-order valence-electron chi connectivity index (χ3n) is 3.11. The van der Waals surface area contributed by atoms with Crippen LogP contribution in [0.5, 0.6) is 0 Å². The summed E-state index contributed by atoms with van der Waals surface area (Å²) < 4.78 is 11.3. The number of rotatable bonds is 6. The Labute approximate surface area is 135 Å². The molecule has 0 fully saturated rings. The quantitative estimate of drug-likeness (QED) is 0.580. The topological polar surface area (TPSA) is 54.9 Å². The molecule has 1 aliphatic rings. The van der Waals surface area contributed by atoms with Gasteiger partial charge in [0.2, 0.25) is 5.76 Å². The van der Waals surface area contributed by atoms with Crippen LogP contribution in [0.25, 0.3) is 5.53 Å². The molecule has 0 saturated carbocycles. The summed E-state index contributed by atoms with van der Waals surface area (Å²) in [4.78, 5) is 5.38. The molecule has 0 unspecified atom stereocenters. The van der Waals surface area contributed by atoms with Crippen molar-refractivity contribution in [2.24, 2.45) is 0 Å². The summed E-state index contributed by atoms with van der Waals surface area (Å²) >= 11 is 1.58. The molecule has 1 aliphatic carbocycles. The minimum Gasteiger partial charge on any atom is -0.498 e. The first-order chi connectivity index (χ1) is 10.7. The van der Waals surface area contributed by atoms with E-state index in [9.17, 15) is 5.53 Å². The highest BCUT2D eigenvalue weighted by Gasteiger charge is 2.29. The lowest BCUT2D eigenvalue weighted by Gasteiger charge is -2.17. The van der Waals surface area contributed by atoms with Gasteiger partial charge in [-0.25, -0.2) is 0 Å². The van der Waals surface area contributed by atoms with Crippen LogP contribution >= 0.6 is 11.8 Å². The number of hydrogen-bond acceptors (Lipinski definition) is 3. The normalized spacial score (nSPS) is 14.5. The fourth-order valence-corrected chi connectivity index (χ4v) is 3.10. The summed E-state index contributed by atoms with van der Waals surface area (Å²) in [6.07, 6.45) is 2.41. The fourth-order valence-electron chi connectivity index (χ4n) is 2.12. The van der Waals surface area contributed by atoms with Crippen molar-refractivity contribution in [2.75, 3.05) is 13.2 Å². The van der Waals surface area contributed by atoms with Gasteiger partial charge >= 0.3 is 5.71 Å². The van der Waals surface area contributed by atoms with Crippen molar-refractivity contribution in [3.05, 3.63) is 57.9 Å². The number of benzene rings is 1. The molecule has 0 N–H and O–H groups in total. The van der Waals surface area contributed by atoms with Gasteiger partial charge < -0.3 is 15.0 Å². The second kappa shape index (κ2) is 7.87. The lowest BCUT2D eigenvalue weighted by atomic mass is 10.1. The Balaban J connectivity index is 2.38. The van der Waals surface area contributed by atoms with Gasteiger partial charge in [0.1, 0.15) is 12.2 Å². The highest BCUT2D eigenvalue weighted by molar-refractivity contribution is 8.03. The van der Waals surface area contributed by atoms with E-state index in [2.05, 4.69) is 36.0 Å². The Bertz CT molecular complexity index is 641. The molecule has 0 bridgehead atoms. The van der Waals surface area contributed by atoms with E-state index in [0.717, 1.165) is 15.6 Å². The van der Waals surface area contributed by atoms with Crippen LogP contribution in [0.4, 0.5) is 0 Å². The highest BCUT2D eigenvalue weighted by Crippen LogP contribution is 2.35. The van der Waals surface area contributed by atoms with Crippen LogP contribution in [0.2, 0.25) is 0 Å². The first kappa shape index (κ1) is 16.4. The lowest BCUT2D eigenvalue weighted by molar-refractivity contribution is -0.0134. The van der Waals surface area contributed by atoms with Gasteiger partial charge in [-0.15, -0.1) is 0 Å². The summed E-state index contributed by atoms with van der Waals surface area (Å²) in [5.74, 6) is 1.41. The van der Waals surface area contributed by atoms with Gasteiger partial charge in [0, 0.05) is 4.90 Å². The van der Waals surface area contributed by atoms with Crippen molar-refractivity contribution < 1.29 is 14.3 Å². The predicted octanol–water partition coefficient (Wildman–Crippen LogP) is 4.33. The van der Waals surface area contributed by atoms with Gasteiger partial charge in [0.05, 0.1) is 18.1 Å². The zero-order chi connectivity index (χ0) is 15.9. The molecule has 0 saturated heterocycles. The molecule has 116 valence electrons. The SMILES string of the molecule is CCOC1=CC(Sc2ccc(C)cc2)=C(OCC)C(=[N+]=[N-])C1. The number of nitrogens with zero attached hydrogens (tertiary/aromatic N) is 2. The van der Waals surface area contributed by atoms with Crippen LogP contribution in [0.1, 0.15) is 25.8 Å². The maximum absolute atomic E-state index is 9.28. The molecular formula is C17H20N2O2S. The molecule has 0 amide bonds. The van der Waals surface area contributed by atoms with Crippen LogP contribution in [0, 0.1) is 6.92 Å². The molecule has 0 aromatic heterocycles. The minimum absolute atomic E-state index is 0.442. The summed E-state index contributed by atoms with van der Waals surface area (Å²) in [5.41, 5.74) is 11.0. The smallest absolute Gasteiger partial charge is 0.342 e. The van der Waals surface area contributed by atoms with Crippen molar-refractivity contribution in [1.82, 2.24) is 0 Å². The standard InChI is InChI=1S/C17H20N2O2S/c1-4-20-13-10-15(19-18)17(21-5-2)16(11-13)22-14-8-6-12(3)7-9-14/h6-9,11H,4-5,10H2,1-3H3. The van der Waals surface area contributed by atoms with Crippen LogP contribution in [-0.4, -0.2) is 23.7 Å². The van der Waals surface area contributed by atoms with Gasteiger partial charge in [0.25, 0.3) is 0 Å². The number of ether oxygens (including phenoxy) is 2. The molecule has 1 aromatic carbocycles. The van der Waals surface area contributed by atoms with E-state index < -0.39 is 0 Å². The van der Waals surface area contributed by atoms with Gasteiger partial charge in [-0.3, -0.25) is 0 Å². The Hall–Kier alpha value is -1.97. The number of allylic oxidation sites excluding steroid dienone is 3. The maximum atomic E-state index is 9.28. The zero-order valence-corrected chi connectivity index (χ0v) is 13.9. The van der Waals surface area contributed by atoms with Crippen molar-refractivity contribution in [1.29, 1.82) is 0 Å². The minimum atomic E-state index is 0.442. The van der Waals surface area contributed by atoms with Crippen molar-refractivity contribution in [3.8, 4) is 0 Å². The fraction of sp³-hybridized carbons (Fsp3) is 0.353. The van der Waals surface area contributed by atoms with Crippen molar-refractivity contribution in [3.63, 3.8) is 0 Å². The average Bonchev–Trinajstić information content (AvgIpc) is 2.52. The molecule has 0 radical (unpaired) electrons. The molecule has 0 spiro atoms. The lowest BCUT2D eigenvalue weighted by Crippen LogP contribution is -2.16. The van der Waals surface area contributed by atoms with Gasteiger partial charge in [-0.1, -0.05) is 29.5 Å². The van der Waals surface area contributed by atoms with E-state index in [-0.39, 0.29) is 0 Å². The van der Waals surface area contributed by atoms with Crippen LogP contribution in [-0.2, 0) is 9.47 Å². The summed E-state index contributed by atoms with van der Waals surface area (Å²) in [5, 5.41) is 0. The monoisotopic (exact) mass is 316 g/mol. The molecule has 0 atom stereocenters. The van der Waals surface area contributed by atoms with Crippen LogP contribution in [0.3, 0.4) is 0 Å². The third kappa shape index (κ3) is 4.03. The summed E-state index contributed by atoms with van der Waals surface area (Å²) in [6.45, 7) is 7.01. The zero-order valence-electron chi connectivity index (χ0n) is 13.1. The van der Waals surface area contributed by atoms with E-state index >= 15 is 0 Å². The largest absolute Gasteiger partial charge is 0.498 e. The first-order valence-electron chi connectivity index (χ1n) is 7.34. The van der Waals surface area contributed by atoms with Gasteiger partial charge in [0.15, 0.2) is 0 Å². The Morgan fingerprint density at radius 1 is 1.14 bits per heavy atom. The Morgan fingerprint density at radius 2 is 1.82 bits per heavy atom. The van der Waals surface area contributed by atoms with Gasteiger partial charge in [-0.05, 0) is 39.0 Å². The number of thioether (sulfide) groups is 1. The van der Waals surface area contributed by atoms with Gasteiger partial charge in [-0.2, -0.15) is 4.79 Å². The van der Waals surface area contributed by atoms with Crippen LogP contribution < -0.4 is 0 Å². The maximum Gasteiger partial charge on any atom is 0.342 e. The summed E-state index contributed by atoms with van der Waals surface area (Å²) in [6, 6.07) is 8.27. The molecule has 22 heavy (non-hydrogen) atoms. The molecular weight excluding hydrogens is 296 g/mol. The number of hydrogen-bond donors (Lipinski definition) is 0. The van der Waals surface area contributed by atoms with E-state index in [4.69, 9.17) is 9.47 Å². The molecule has 0 aliphatic heterocycles. The second-order valence-electron chi connectivity index (χ2n) is 4.81. The van der Waals surface area contributed by atoms with E-state index in [1.54, 1.807) is 11.8 Å². The molecule has 1 aromatic rings. The van der Waals surface area contributed by atoms with E-state index in [1.807, 2.05) is 19.9 Å². The molecule has 5 heteroatoms. The molecule has 4 nitrogen and oxygen atoms in total. The van der Waals surface area contributed by atoms with E-state index in [0.29, 0.717) is 31.1 Å². The summed E-state index contributed by atoms with van der Waals surface area (Å²) in [7, 11) is 0. The predicted molar refractivity (Wildman–Crippen MR) is 88.6 cm³/mol. The average molecular weight is 316 g/mol. The first-order valence-corrected chi connectivity index (χ1v) is 8.15. The number of aryl methyl sites for hydroxylation is 1. The van der Waals surface area contributed by atoms with Crippen molar-refractivity contribution >= 4 is 17.5 Å². The highest BCUT2D eigenvalue weighted by atomic mass is 32.2. The molecule has 2 rings (SSSR count). The van der Waals surface area contributed by atoms with E-state index in [1.165, 1.54) is 5.56 Å². The van der Waals surface area contributed by atoms with Crippen LogP contribution in [0.15, 0.2) is 51.7 Å². The Kier molecular flexibility index (Phi) is 5.87. The third-order valence-corrected chi connectivity index (χ3v) is 4.14. The second-order valence-corrected chi connectivity index (χ2v) is 5.92. The molecule has 0 heterocycles.